The lowest BCUT2D eigenvalue weighted by atomic mass is 10.1. The number of thiophene rings is 1. The lowest BCUT2D eigenvalue weighted by Gasteiger charge is -2.23. The van der Waals surface area contributed by atoms with Crippen molar-refractivity contribution in [1.29, 1.82) is 0 Å². The molecular formula is C21H17N3O4S. The Morgan fingerprint density at radius 2 is 1.79 bits per heavy atom. The number of ether oxygens (including phenoxy) is 1. The molecule has 0 spiro atoms. The Kier molecular flexibility index (Phi) is 5.01. The van der Waals surface area contributed by atoms with E-state index in [0.717, 1.165) is 0 Å². The molecule has 0 fully saturated rings. The first kappa shape index (κ1) is 18.7. The third-order valence-corrected chi connectivity index (χ3v) is 5.16. The van der Waals surface area contributed by atoms with Crippen LogP contribution in [-0.4, -0.2) is 23.8 Å². The van der Waals surface area contributed by atoms with Gasteiger partial charge in [-0.3, -0.25) is 14.4 Å². The van der Waals surface area contributed by atoms with Gasteiger partial charge in [0.25, 0.3) is 17.7 Å². The van der Waals surface area contributed by atoms with E-state index >= 15 is 0 Å². The van der Waals surface area contributed by atoms with Gasteiger partial charge in [0.05, 0.1) is 10.6 Å². The van der Waals surface area contributed by atoms with Crippen molar-refractivity contribution >= 4 is 46.1 Å². The molecule has 0 saturated heterocycles. The summed E-state index contributed by atoms with van der Waals surface area (Å²) in [6, 6.07) is 15.2. The zero-order chi connectivity index (χ0) is 20.4. The molecule has 3 aromatic rings. The van der Waals surface area contributed by atoms with E-state index in [1.54, 1.807) is 61.5 Å². The molecule has 4 rings (SSSR count). The van der Waals surface area contributed by atoms with E-state index in [2.05, 4.69) is 16.0 Å². The Morgan fingerprint density at radius 1 is 1.00 bits per heavy atom. The van der Waals surface area contributed by atoms with Gasteiger partial charge in [-0.15, -0.1) is 11.3 Å². The van der Waals surface area contributed by atoms with Gasteiger partial charge in [-0.2, -0.15) is 0 Å². The minimum Gasteiger partial charge on any atom is -0.479 e. The number of fused-ring (bicyclic) bond motifs is 1. The third kappa shape index (κ3) is 4.12. The van der Waals surface area contributed by atoms with Crippen molar-refractivity contribution in [3.63, 3.8) is 0 Å². The van der Waals surface area contributed by atoms with Crippen molar-refractivity contribution in [2.24, 2.45) is 0 Å². The SMILES string of the molecule is C[C@H]1Oc2ccc(NC(=O)c3cccc(NC(=O)c4cccs4)c3)cc2NC1=O. The van der Waals surface area contributed by atoms with Crippen LogP contribution in [0.15, 0.2) is 60.0 Å². The number of rotatable bonds is 4. The van der Waals surface area contributed by atoms with Crippen molar-refractivity contribution in [3.8, 4) is 5.75 Å². The highest BCUT2D eigenvalue weighted by atomic mass is 32.1. The van der Waals surface area contributed by atoms with Gasteiger partial charge in [-0.1, -0.05) is 12.1 Å². The molecule has 3 N–H and O–H groups in total. The lowest BCUT2D eigenvalue weighted by Crippen LogP contribution is -2.34. The molecule has 0 aliphatic carbocycles. The van der Waals surface area contributed by atoms with E-state index in [4.69, 9.17) is 4.74 Å². The van der Waals surface area contributed by atoms with E-state index in [1.807, 2.05) is 5.38 Å². The molecule has 29 heavy (non-hydrogen) atoms. The zero-order valence-corrected chi connectivity index (χ0v) is 16.2. The van der Waals surface area contributed by atoms with Crippen molar-refractivity contribution < 1.29 is 19.1 Å². The summed E-state index contributed by atoms with van der Waals surface area (Å²) in [5.41, 5.74) is 1.93. The Hall–Kier alpha value is -3.65. The quantitative estimate of drug-likeness (QED) is 0.610. The van der Waals surface area contributed by atoms with Crippen molar-refractivity contribution in [3.05, 3.63) is 70.4 Å². The molecule has 7 nitrogen and oxygen atoms in total. The van der Waals surface area contributed by atoms with Crippen LogP contribution in [0.2, 0.25) is 0 Å². The molecule has 3 amide bonds. The predicted octanol–water partition coefficient (Wildman–Crippen LogP) is 3.97. The average molecular weight is 407 g/mol. The average Bonchev–Trinajstić information content (AvgIpc) is 3.24. The van der Waals surface area contributed by atoms with Crippen LogP contribution >= 0.6 is 11.3 Å². The summed E-state index contributed by atoms with van der Waals surface area (Å²) >= 11 is 1.34. The van der Waals surface area contributed by atoms with Gasteiger partial charge in [0.1, 0.15) is 5.75 Å². The maximum absolute atomic E-state index is 12.6. The number of hydrogen-bond donors (Lipinski definition) is 3. The molecule has 2 heterocycles. The fraction of sp³-hybridized carbons (Fsp3) is 0.0952. The van der Waals surface area contributed by atoms with Crippen LogP contribution < -0.4 is 20.7 Å². The zero-order valence-electron chi connectivity index (χ0n) is 15.4. The van der Waals surface area contributed by atoms with Gasteiger partial charge >= 0.3 is 0 Å². The second-order valence-electron chi connectivity index (χ2n) is 6.43. The topological polar surface area (TPSA) is 96.5 Å². The second-order valence-corrected chi connectivity index (χ2v) is 7.37. The second kappa shape index (κ2) is 7.76. The summed E-state index contributed by atoms with van der Waals surface area (Å²) in [7, 11) is 0. The highest BCUT2D eigenvalue weighted by molar-refractivity contribution is 7.12. The summed E-state index contributed by atoms with van der Waals surface area (Å²) in [6.45, 7) is 1.66. The van der Waals surface area contributed by atoms with Gasteiger partial charge in [0, 0.05) is 16.9 Å². The molecule has 0 unspecified atom stereocenters. The molecule has 1 atom stereocenters. The number of carbonyl (C=O) groups excluding carboxylic acids is 3. The molecule has 1 aromatic heterocycles. The molecule has 1 aliphatic rings. The minimum atomic E-state index is -0.560. The van der Waals surface area contributed by atoms with Crippen LogP contribution in [-0.2, 0) is 4.79 Å². The van der Waals surface area contributed by atoms with Crippen LogP contribution in [0.4, 0.5) is 17.1 Å². The van der Waals surface area contributed by atoms with E-state index in [0.29, 0.717) is 33.3 Å². The summed E-state index contributed by atoms with van der Waals surface area (Å²) in [6.07, 6.45) is -0.560. The summed E-state index contributed by atoms with van der Waals surface area (Å²) < 4.78 is 5.51. The summed E-state index contributed by atoms with van der Waals surface area (Å²) in [5.74, 6) is -0.255. The Bertz CT molecular complexity index is 1100. The smallest absolute Gasteiger partial charge is 0.265 e. The minimum absolute atomic E-state index is 0.225. The molecule has 0 radical (unpaired) electrons. The molecule has 2 aromatic carbocycles. The number of amides is 3. The maximum atomic E-state index is 12.6. The molecular weight excluding hydrogens is 390 g/mol. The maximum Gasteiger partial charge on any atom is 0.265 e. The predicted molar refractivity (Wildman–Crippen MR) is 112 cm³/mol. The van der Waals surface area contributed by atoms with E-state index in [-0.39, 0.29) is 17.7 Å². The lowest BCUT2D eigenvalue weighted by molar-refractivity contribution is -0.122. The van der Waals surface area contributed by atoms with Crippen LogP contribution in [0.3, 0.4) is 0 Å². The first-order valence-electron chi connectivity index (χ1n) is 8.87. The highest BCUT2D eigenvalue weighted by Crippen LogP contribution is 2.32. The van der Waals surface area contributed by atoms with Crippen LogP contribution in [0.25, 0.3) is 0 Å². The van der Waals surface area contributed by atoms with Crippen molar-refractivity contribution in [2.45, 2.75) is 13.0 Å². The van der Waals surface area contributed by atoms with Crippen molar-refractivity contribution in [2.75, 3.05) is 16.0 Å². The molecule has 146 valence electrons. The normalized spacial score (nSPS) is 14.9. The van der Waals surface area contributed by atoms with E-state index < -0.39 is 6.10 Å². The molecule has 8 heteroatoms. The summed E-state index contributed by atoms with van der Waals surface area (Å²) in [4.78, 5) is 37.2. The van der Waals surface area contributed by atoms with Gasteiger partial charge < -0.3 is 20.7 Å². The van der Waals surface area contributed by atoms with Gasteiger partial charge in [-0.25, -0.2) is 0 Å². The summed E-state index contributed by atoms with van der Waals surface area (Å²) in [5, 5.41) is 10.1. The molecule has 0 saturated carbocycles. The fourth-order valence-electron chi connectivity index (χ4n) is 2.83. The Balaban J connectivity index is 1.47. The standard InChI is InChI=1S/C21H17N3O4S/c1-12-19(25)24-16-11-15(7-8-17(16)28-12)22-20(26)13-4-2-5-14(10-13)23-21(27)18-6-3-9-29-18/h2-12H,1H3,(H,22,26)(H,23,27)(H,24,25)/t12-/m1/s1. The first-order valence-corrected chi connectivity index (χ1v) is 9.75. The van der Waals surface area contributed by atoms with Gasteiger partial charge in [0.15, 0.2) is 6.10 Å². The number of benzene rings is 2. The van der Waals surface area contributed by atoms with Gasteiger partial charge in [0.2, 0.25) is 0 Å². The fourth-order valence-corrected chi connectivity index (χ4v) is 3.45. The van der Waals surface area contributed by atoms with Crippen molar-refractivity contribution in [1.82, 2.24) is 0 Å². The Labute approximate surface area is 170 Å². The number of carbonyl (C=O) groups is 3. The van der Waals surface area contributed by atoms with Crippen LogP contribution in [0.1, 0.15) is 27.0 Å². The largest absolute Gasteiger partial charge is 0.479 e. The van der Waals surface area contributed by atoms with Crippen LogP contribution in [0, 0.1) is 0 Å². The van der Waals surface area contributed by atoms with Gasteiger partial charge in [-0.05, 0) is 54.8 Å². The van der Waals surface area contributed by atoms with E-state index in [9.17, 15) is 14.4 Å². The van der Waals surface area contributed by atoms with Crippen LogP contribution in [0.5, 0.6) is 5.75 Å². The number of nitrogens with one attached hydrogen (secondary N) is 3. The van der Waals surface area contributed by atoms with E-state index in [1.165, 1.54) is 11.3 Å². The number of anilines is 3. The third-order valence-electron chi connectivity index (χ3n) is 4.30. The number of hydrogen-bond acceptors (Lipinski definition) is 5. The molecule has 1 aliphatic heterocycles. The first-order chi connectivity index (χ1) is 14.0. The monoisotopic (exact) mass is 407 g/mol. The highest BCUT2D eigenvalue weighted by Gasteiger charge is 2.23. The Morgan fingerprint density at radius 3 is 2.59 bits per heavy atom. The molecule has 0 bridgehead atoms.